The lowest BCUT2D eigenvalue weighted by Gasteiger charge is -2.11. The fourth-order valence-electron chi connectivity index (χ4n) is 2.40. The van der Waals surface area contributed by atoms with Gasteiger partial charge in [0.2, 0.25) is 6.20 Å². The monoisotopic (exact) mass is 278 g/mol. The summed E-state index contributed by atoms with van der Waals surface area (Å²) in [5.41, 5.74) is 4.83. The molecule has 0 aliphatic carbocycles. The molecule has 21 heavy (non-hydrogen) atoms. The average Bonchev–Trinajstić information content (AvgIpc) is 3.05. The van der Waals surface area contributed by atoms with Crippen molar-refractivity contribution in [1.82, 2.24) is 19.6 Å². The lowest BCUT2D eigenvalue weighted by Crippen LogP contribution is -2.28. The van der Waals surface area contributed by atoms with Crippen LogP contribution in [0.3, 0.4) is 0 Å². The fourth-order valence-corrected chi connectivity index (χ4v) is 2.40. The zero-order valence-corrected chi connectivity index (χ0v) is 11.8. The van der Waals surface area contributed by atoms with Crippen molar-refractivity contribution in [3.05, 3.63) is 49.1 Å². The molecule has 0 N–H and O–H groups in total. The molecule has 0 spiro atoms. The summed E-state index contributed by atoms with van der Waals surface area (Å²) in [5.74, 6) is 0. The summed E-state index contributed by atoms with van der Waals surface area (Å²) in [4.78, 5) is 10.6. The summed E-state index contributed by atoms with van der Waals surface area (Å²) in [5, 5.41) is 4.40. The molecular weight excluding hydrogens is 264 g/mol. The summed E-state index contributed by atoms with van der Waals surface area (Å²) in [7, 11) is 4.07. The number of hydrogen-bond acceptors (Lipinski definition) is 3. The highest BCUT2D eigenvalue weighted by atomic mass is 15.5. The SMILES string of the molecule is CN(C)c1ccc(-c2cn3c4nccnc4[n-][n+]3c2)cc1. The van der Waals surface area contributed by atoms with E-state index in [0.717, 1.165) is 16.8 Å². The molecule has 3 aromatic heterocycles. The number of nitrogens with zero attached hydrogens (tertiary/aromatic N) is 6. The molecule has 0 fully saturated rings. The van der Waals surface area contributed by atoms with Gasteiger partial charge in [-0.15, -0.1) is 5.10 Å². The van der Waals surface area contributed by atoms with Gasteiger partial charge in [-0.1, -0.05) is 16.8 Å². The first kappa shape index (κ1) is 11.9. The van der Waals surface area contributed by atoms with Crippen LogP contribution in [0.4, 0.5) is 5.69 Å². The second-order valence-electron chi connectivity index (χ2n) is 5.12. The van der Waals surface area contributed by atoms with Crippen LogP contribution < -0.4 is 14.6 Å². The minimum atomic E-state index is 0.645. The van der Waals surface area contributed by atoms with E-state index in [1.165, 1.54) is 5.69 Å². The molecule has 4 aromatic rings. The molecule has 3 heterocycles. The number of rotatable bonds is 2. The Bertz CT molecular complexity index is 916. The largest absolute Gasteiger partial charge is 0.378 e. The predicted octanol–water partition coefficient (Wildman–Crippen LogP) is 1.16. The first-order valence-electron chi connectivity index (χ1n) is 6.68. The van der Waals surface area contributed by atoms with Crippen LogP contribution >= 0.6 is 0 Å². The second kappa shape index (κ2) is 4.31. The van der Waals surface area contributed by atoms with Crippen LogP contribution in [0.25, 0.3) is 22.4 Å². The summed E-state index contributed by atoms with van der Waals surface area (Å²) >= 11 is 0. The molecule has 0 aliphatic heterocycles. The maximum Gasteiger partial charge on any atom is 0.211 e. The minimum Gasteiger partial charge on any atom is -0.378 e. The number of aromatic nitrogens is 5. The second-order valence-corrected chi connectivity index (χ2v) is 5.12. The Labute approximate surface area is 121 Å². The molecule has 0 aliphatic rings. The van der Waals surface area contributed by atoms with Crippen molar-refractivity contribution in [2.45, 2.75) is 0 Å². The highest BCUT2D eigenvalue weighted by Crippen LogP contribution is 2.21. The molecule has 6 heteroatoms. The van der Waals surface area contributed by atoms with E-state index < -0.39 is 0 Å². The summed E-state index contributed by atoms with van der Waals surface area (Å²) in [6.07, 6.45) is 7.33. The number of hydrogen-bond donors (Lipinski definition) is 0. The van der Waals surface area contributed by atoms with Gasteiger partial charge in [-0.25, -0.2) is 4.98 Å². The van der Waals surface area contributed by atoms with Crippen LogP contribution in [-0.2, 0) is 0 Å². The van der Waals surface area contributed by atoms with Gasteiger partial charge in [-0.3, -0.25) is 0 Å². The van der Waals surface area contributed by atoms with Gasteiger partial charge in [0.1, 0.15) is 5.65 Å². The van der Waals surface area contributed by atoms with E-state index in [4.69, 9.17) is 0 Å². The molecule has 0 radical (unpaired) electrons. The highest BCUT2D eigenvalue weighted by Gasteiger charge is 2.11. The van der Waals surface area contributed by atoms with Gasteiger partial charge >= 0.3 is 0 Å². The molecule has 0 unspecified atom stereocenters. The maximum absolute atomic E-state index is 4.40. The maximum atomic E-state index is 4.40. The summed E-state index contributed by atoms with van der Waals surface area (Å²) in [6, 6.07) is 8.43. The fraction of sp³-hybridized carbons (Fsp3) is 0.133. The van der Waals surface area contributed by atoms with Crippen molar-refractivity contribution >= 4 is 17.0 Å². The van der Waals surface area contributed by atoms with Crippen LogP contribution in [-0.4, -0.2) is 28.6 Å². The first-order chi connectivity index (χ1) is 10.2. The van der Waals surface area contributed by atoms with Gasteiger partial charge in [-0.05, 0) is 23.9 Å². The molecule has 1 aromatic carbocycles. The van der Waals surface area contributed by atoms with E-state index in [2.05, 4.69) is 44.2 Å². The third-order valence-corrected chi connectivity index (χ3v) is 3.53. The van der Waals surface area contributed by atoms with Gasteiger partial charge in [0, 0.05) is 32.2 Å². The Morgan fingerprint density at radius 2 is 1.81 bits per heavy atom. The van der Waals surface area contributed by atoms with E-state index >= 15 is 0 Å². The van der Waals surface area contributed by atoms with E-state index in [1.54, 1.807) is 17.0 Å². The van der Waals surface area contributed by atoms with Crippen LogP contribution in [0.15, 0.2) is 49.1 Å². The van der Waals surface area contributed by atoms with Crippen molar-refractivity contribution in [3.63, 3.8) is 0 Å². The lowest BCUT2D eigenvalue weighted by atomic mass is 10.1. The normalized spacial score (nSPS) is 11.3. The molecule has 0 saturated carbocycles. The number of benzene rings is 1. The minimum absolute atomic E-state index is 0.645. The Morgan fingerprint density at radius 1 is 1.05 bits per heavy atom. The molecule has 0 saturated heterocycles. The van der Waals surface area contributed by atoms with E-state index in [9.17, 15) is 0 Å². The Balaban J connectivity index is 1.83. The molecule has 0 atom stereocenters. The van der Waals surface area contributed by atoms with Crippen molar-refractivity contribution in [3.8, 4) is 11.1 Å². The molecule has 6 nitrogen and oxygen atoms in total. The van der Waals surface area contributed by atoms with E-state index in [0.29, 0.717) is 5.65 Å². The summed E-state index contributed by atoms with van der Waals surface area (Å²) in [6.45, 7) is 0. The average molecular weight is 278 g/mol. The van der Waals surface area contributed by atoms with Crippen molar-refractivity contribution in [2.75, 3.05) is 19.0 Å². The predicted molar refractivity (Wildman–Crippen MR) is 79.2 cm³/mol. The molecule has 0 bridgehead atoms. The Kier molecular flexibility index (Phi) is 2.44. The van der Waals surface area contributed by atoms with Gasteiger partial charge in [-0.2, -0.15) is 4.52 Å². The Hall–Kier alpha value is -2.89. The van der Waals surface area contributed by atoms with Crippen molar-refractivity contribution in [1.29, 1.82) is 0 Å². The van der Waals surface area contributed by atoms with Gasteiger partial charge in [0.15, 0.2) is 5.65 Å². The molecule has 0 amide bonds. The van der Waals surface area contributed by atoms with Crippen molar-refractivity contribution < 1.29 is 4.63 Å². The topological polar surface area (TPSA) is 51.6 Å². The van der Waals surface area contributed by atoms with E-state index in [1.807, 2.05) is 31.0 Å². The smallest absolute Gasteiger partial charge is 0.211 e. The van der Waals surface area contributed by atoms with Gasteiger partial charge < -0.3 is 9.88 Å². The molecular formula is C15H14N6. The molecule has 104 valence electrons. The molecule has 4 rings (SSSR count). The Morgan fingerprint density at radius 3 is 2.57 bits per heavy atom. The standard InChI is InChI=1S/C15H14N6/c1-19(2)13-5-3-11(4-6-13)12-9-20-15-14(16-7-8-17-15)18-21(20)10-12/h3-10H,1-2H3. The van der Waals surface area contributed by atoms with E-state index in [-0.39, 0.29) is 0 Å². The zero-order chi connectivity index (χ0) is 14.4. The first-order valence-corrected chi connectivity index (χ1v) is 6.68. The summed E-state index contributed by atoms with van der Waals surface area (Å²) < 4.78 is 3.66. The number of fused-ring (bicyclic) bond motifs is 3. The van der Waals surface area contributed by atoms with Gasteiger partial charge in [0.05, 0.1) is 5.56 Å². The third kappa shape index (κ3) is 1.84. The zero-order valence-electron chi connectivity index (χ0n) is 11.8. The van der Waals surface area contributed by atoms with Crippen LogP contribution in [0.2, 0.25) is 0 Å². The van der Waals surface area contributed by atoms with Crippen LogP contribution in [0.1, 0.15) is 0 Å². The highest BCUT2D eigenvalue weighted by molar-refractivity contribution is 5.67. The number of anilines is 1. The lowest BCUT2D eigenvalue weighted by molar-refractivity contribution is -0.674. The van der Waals surface area contributed by atoms with Gasteiger partial charge in [0.25, 0.3) is 0 Å². The van der Waals surface area contributed by atoms with Crippen LogP contribution in [0, 0.1) is 0 Å². The quantitative estimate of drug-likeness (QED) is 0.516. The van der Waals surface area contributed by atoms with Crippen molar-refractivity contribution in [2.24, 2.45) is 0 Å². The third-order valence-electron chi connectivity index (χ3n) is 3.53. The van der Waals surface area contributed by atoms with Crippen LogP contribution in [0.5, 0.6) is 0 Å².